The molecule has 14 nitrogen and oxygen atoms in total. The van der Waals surface area contributed by atoms with E-state index >= 15 is 0 Å². The van der Waals surface area contributed by atoms with Gasteiger partial charge < -0.3 is 54.7 Å². The van der Waals surface area contributed by atoms with Crippen LogP contribution in [0.4, 0.5) is 0 Å². The Hall–Kier alpha value is -3.47. The molecule has 0 radical (unpaired) electrons. The third-order valence-electron chi connectivity index (χ3n) is 6.27. The van der Waals surface area contributed by atoms with Crippen LogP contribution in [0.3, 0.4) is 0 Å². The van der Waals surface area contributed by atoms with E-state index < -0.39 is 68.4 Å². The van der Waals surface area contributed by atoms with Gasteiger partial charge in [-0.3, -0.25) is 14.8 Å². The largest absolute Gasteiger partial charge is 0.508 e. The molecule has 42 heavy (non-hydrogen) atoms. The number of benzene rings is 2. The SMILES string of the molecule is CC(=O)O[C@H]1[C@@H](O)[C@@H](O[C@@H](C=NCc2ccccc2O)[C@@H](CO)O[C@H](O)C=NCc2ccccc2O)O[C@@H](CO)[C@H]1O. The lowest BCUT2D eigenvalue weighted by Gasteiger charge is -2.42. The van der Waals surface area contributed by atoms with Gasteiger partial charge >= 0.3 is 5.97 Å². The Balaban J connectivity index is 1.79. The molecule has 0 amide bonds. The van der Waals surface area contributed by atoms with Crippen LogP contribution in [0.1, 0.15) is 18.1 Å². The van der Waals surface area contributed by atoms with Crippen molar-refractivity contribution in [2.75, 3.05) is 13.2 Å². The van der Waals surface area contributed by atoms with E-state index in [0.717, 1.165) is 13.1 Å². The summed E-state index contributed by atoms with van der Waals surface area (Å²) in [6.45, 7) is -0.338. The number of rotatable bonds is 14. The smallest absolute Gasteiger partial charge is 0.303 e. The van der Waals surface area contributed by atoms with Gasteiger partial charge in [-0.1, -0.05) is 36.4 Å². The predicted octanol–water partition coefficient (Wildman–Crippen LogP) is -0.609. The lowest BCUT2D eigenvalue weighted by atomic mass is 9.99. The number of nitrogens with zero attached hydrogens (tertiary/aromatic N) is 2. The molecule has 230 valence electrons. The first-order valence-corrected chi connectivity index (χ1v) is 13.1. The standard InChI is InChI=1S/C28H36N2O12/c1-16(33)39-27-25(37)23(15-32)42-28(26(27)38)41-21(12-29-10-17-6-2-4-8-19(17)34)22(14-31)40-24(36)13-30-11-18-7-3-5-9-20(18)35/h2-9,12-13,21-28,31-32,34-38H,10-11,14-15H2,1H3/t21-,22+,23-,24-,25+,26+,27+,28-/m0/s1. The van der Waals surface area contributed by atoms with E-state index in [-0.39, 0.29) is 24.6 Å². The molecular weight excluding hydrogens is 556 g/mol. The first kappa shape index (κ1) is 33.0. The Morgan fingerprint density at radius 1 is 0.952 bits per heavy atom. The van der Waals surface area contributed by atoms with E-state index in [1.807, 2.05) is 0 Å². The maximum Gasteiger partial charge on any atom is 0.303 e. The normalized spacial score (nSPS) is 25.0. The minimum absolute atomic E-state index is 0.00630. The molecule has 0 aromatic heterocycles. The van der Waals surface area contributed by atoms with E-state index in [9.17, 15) is 40.5 Å². The number of carbonyl (C=O) groups excluding carboxylic acids is 1. The van der Waals surface area contributed by atoms with E-state index in [1.54, 1.807) is 36.4 Å². The summed E-state index contributed by atoms with van der Waals surface area (Å²) in [5.41, 5.74) is 0.973. The van der Waals surface area contributed by atoms with Crippen molar-refractivity contribution in [2.24, 2.45) is 9.98 Å². The van der Waals surface area contributed by atoms with Crippen LogP contribution in [-0.2, 0) is 36.8 Å². The van der Waals surface area contributed by atoms with Gasteiger partial charge in [-0.25, -0.2) is 0 Å². The number of carbonyl (C=O) groups is 1. The topological polar surface area (TPSA) is 220 Å². The highest BCUT2D eigenvalue weighted by molar-refractivity contribution is 5.66. The zero-order valence-electron chi connectivity index (χ0n) is 22.8. The number of esters is 1. The van der Waals surface area contributed by atoms with E-state index in [4.69, 9.17) is 18.9 Å². The van der Waals surface area contributed by atoms with Crippen molar-refractivity contribution in [3.63, 3.8) is 0 Å². The van der Waals surface area contributed by atoms with Crippen LogP contribution in [0.5, 0.6) is 11.5 Å². The lowest BCUT2D eigenvalue weighted by molar-refractivity contribution is -0.315. The van der Waals surface area contributed by atoms with Gasteiger partial charge in [-0.05, 0) is 12.1 Å². The highest BCUT2D eigenvalue weighted by Crippen LogP contribution is 2.26. The van der Waals surface area contributed by atoms with Gasteiger partial charge in [0.25, 0.3) is 0 Å². The second-order valence-corrected chi connectivity index (χ2v) is 9.37. The van der Waals surface area contributed by atoms with Crippen molar-refractivity contribution >= 4 is 18.4 Å². The second kappa shape index (κ2) is 16.2. The molecule has 0 aliphatic carbocycles. The maximum atomic E-state index is 11.6. The van der Waals surface area contributed by atoms with Crippen LogP contribution in [0.15, 0.2) is 58.5 Å². The van der Waals surface area contributed by atoms with Gasteiger partial charge in [0.05, 0.1) is 32.5 Å². The fourth-order valence-electron chi connectivity index (χ4n) is 4.09. The number of aliphatic hydroxyl groups is 5. The molecule has 7 N–H and O–H groups in total. The second-order valence-electron chi connectivity index (χ2n) is 9.37. The van der Waals surface area contributed by atoms with Gasteiger partial charge in [0.15, 0.2) is 18.7 Å². The summed E-state index contributed by atoms with van der Waals surface area (Å²) in [4.78, 5) is 19.8. The van der Waals surface area contributed by atoms with Crippen LogP contribution < -0.4 is 0 Å². The van der Waals surface area contributed by atoms with Crippen LogP contribution in [-0.4, -0.2) is 117 Å². The van der Waals surface area contributed by atoms with Gasteiger partial charge in [0.2, 0.25) is 0 Å². The van der Waals surface area contributed by atoms with E-state index in [0.29, 0.717) is 11.1 Å². The summed E-state index contributed by atoms with van der Waals surface area (Å²) in [6.07, 6.45) is -9.79. The molecule has 2 aromatic rings. The van der Waals surface area contributed by atoms with Crippen LogP contribution in [0.2, 0.25) is 0 Å². The summed E-state index contributed by atoms with van der Waals surface area (Å²) in [5, 5.41) is 71.3. The number of aromatic hydroxyl groups is 2. The van der Waals surface area contributed by atoms with Crippen molar-refractivity contribution in [2.45, 2.75) is 69.2 Å². The zero-order chi connectivity index (χ0) is 30.6. The third-order valence-corrected chi connectivity index (χ3v) is 6.27. The van der Waals surface area contributed by atoms with Crippen LogP contribution in [0.25, 0.3) is 0 Å². The van der Waals surface area contributed by atoms with Crippen molar-refractivity contribution in [1.29, 1.82) is 0 Å². The van der Waals surface area contributed by atoms with E-state index in [2.05, 4.69) is 9.98 Å². The third kappa shape index (κ3) is 9.27. The number of hydrogen-bond donors (Lipinski definition) is 7. The molecule has 1 heterocycles. The molecular formula is C28H36N2O12. The molecule has 0 unspecified atom stereocenters. The minimum atomic E-state index is -1.73. The number of aliphatic imine (C=N–C) groups is 2. The quantitative estimate of drug-likeness (QED) is 0.0830. The number of aliphatic hydroxyl groups excluding tert-OH is 5. The Morgan fingerprint density at radius 2 is 1.52 bits per heavy atom. The Kier molecular flexibility index (Phi) is 12.8. The average molecular weight is 593 g/mol. The molecule has 0 saturated carbocycles. The molecule has 1 aliphatic rings. The first-order chi connectivity index (χ1) is 20.1. The van der Waals surface area contributed by atoms with Crippen molar-refractivity contribution in [1.82, 2.24) is 0 Å². The van der Waals surface area contributed by atoms with Crippen LogP contribution >= 0.6 is 0 Å². The summed E-state index contributed by atoms with van der Waals surface area (Å²) in [6, 6.07) is 13.0. The fraction of sp³-hybridized carbons (Fsp3) is 0.464. The maximum absolute atomic E-state index is 11.6. The Labute approximate surface area is 241 Å². The predicted molar refractivity (Wildman–Crippen MR) is 147 cm³/mol. The van der Waals surface area contributed by atoms with Crippen molar-refractivity contribution in [3.05, 3.63) is 59.7 Å². The monoisotopic (exact) mass is 592 g/mol. The average Bonchev–Trinajstić information content (AvgIpc) is 2.96. The Morgan fingerprint density at radius 3 is 2.05 bits per heavy atom. The summed E-state index contributed by atoms with van der Waals surface area (Å²) in [5.74, 6) is -0.788. The number of hydrogen-bond acceptors (Lipinski definition) is 14. The fourth-order valence-corrected chi connectivity index (χ4v) is 4.09. The molecule has 14 heteroatoms. The molecule has 1 fully saturated rings. The summed E-state index contributed by atoms with van der Waals surface area (Å²) >= 11 is 0. The molecule has 2 aromatic carbocycles. The first-order valence-electron chi connectivity index (χ1n) is 13.1. The summed E-state index contributed by atoms with van der Waals surface area (Å²) in [7, 11) is 0. The lowest BCUT2D eigenvalue weighted by Crippen LogP contribution is -2.61. The van der Waals surface area contributed by atoms with Crippen LogP contribution in [0, 0.1) is 0 Å². The highest BCUT2D eigenvalue weighted by Gasteiger charge is 2.48. The molecule has 0 bridgehead atoms. The number of ether oxygens (including phenoxy) is 4. The molecule has 3 rings (SSSR count). The minimum Gasteiger partial charge on any atom is -0.508 e. The van der Waals surface area contributed by atoms with Gasteiger partial charge in [-0.15, -0.1) is 0 Å². The molecule has 1 saturated heterocycles. The number of phenolic OH excluding ortho intramolecular Hbond substituents is 2. The number of para-hydroxylation sites is 2. The van der Waals surface area contributed by atoms with Crippen molar-refractivity contribution in [3.8, 4) is 11.5 Å². The van der Waals surface area contributed by atoms with Gasteiger partial charge in [0.1, 0.15) is 42.0 Å². The number of phenols is 2. The zero-order valence-corrected chi connectivity index (χ0v) is 22.8. The highest BCUT2D eigenvalue weighted by atomic mass is 16.7. The van der Waals surface area contributed by atoms with Crippen molar-refractivity contribution < 1.29 is 59.5 Å². The molecule has 8 atom stereocenters. The van der Waals surface area contributed by atoms with Gasteiger partial charge in [0, 0.05) is 24.3 Å². The molecule has 0 spiro atoms. The molecule has 1 aliphatic heterocycles. The Bertz CT molecular complexity index is 1190. The summed E-state index contributed by atoms with van der Waals surface area (Å²) < 4.78 is 21.9. The van der Waals surface area contributed by atoms with Gasteiger partial charge in [-0.2, -0.15) is 0 Å². The van der Waals surface area contributed by atoms with E-state index in [1.165, 1.54) is 18.3 Å².